The standard InChI is InChI=1S/C9H23N2O3P/c1-10(2)6-8-13-15(5,12)14-9-7-11(3)4/h6-9H2,1-5H3. The van der Waals surface area contributed by atoms with E-state index in [-0.39, 0.29) is 0 Å². The highest BCUT2D eigenvalue weighted by atomic mass is 31.2. The molecule has 0 N–H and O–H groups in total. The van der Waals surface area contributed by atoms with Gasteiger partial charge in [0.05, 0.1) is 13.2 Å². The summed E-state index contributed by atoms with van der Waals surface area (Å²) in [5.41, 5.74) is 0. The van der Waals surface area contributed by atoms with Crippen LogP contribution in [0.2, 0.25) is 0 Å². The van der Waals surface area contributed by atoms with E-state index in [4.69, 9.17) is 9.05 Å². The third kappa shape index (κ3) is 10.4. The summed E-state index contributed by atoms with van der Waals surface area (Å²) in [6.07, 6.45) is 0. The molecule has 0 bridgehead atoms. The molecular weight excluding hydrogens is 215 g/mol. The number of hydrogen-bond acceptors (Lipinski definition) is 5. The van der Waals surface area contributed by atoms with Crippen LogP contribution in [0.1, 0.15) is 0 Å². The van der Waals surface area contributed by atoms with E-state index >= 15 is 0 Å². The molecule has 0 aliphatic carbocycles. The number of likely N-dealkylation sites (N-methyl/N-ethyl adjacent to an activating group) is 2. The van der Waals surface area contributed by atoms with Crippen molar-refractivity contribution in [3.05, 3.63) is 0 Å². The molecule has 0 spiro atoms. The van der Waals surface area contributed by atoms with E-state index < -0.39 is 7.60 Å². The van der Waals surface area contributed by atoms with E-state index in [1.54, 1.807) is 0 Å². The lowest BCUT2D eigenvalue weighted by Gasteiger charge is -2.17. The Morgan fingerprint density at radius 2 is 1.27 bits per heavy atom. The number of nitrogens with zero attached hydrogens (tertiary/aromatic N) is 2. The molecule has 0 amide bonds. The molecule has 0 saturated carbocycles. The highest BCUT2D eigenvalue weighted by Gasteiger charge is 2.16. The van der Waals surface area contributed by atoms with Gasteiger partial charge in [-0.25, -0.2) is 0 Å². The summed E-state index contributed by atoms with van der Waals surface area (Å²) in [6, 6.07) is 0. The monoisotopic (exact) mass is 238 g/mol. The Morgan fingerprint density at radius 3 is 1.53 bits per heavy atom. The zero-order chi connectivity index (χ0) is 11.9. The summed E-state index contributed by atoms with van der Waals surface area (Å²) in [5, 5.41) is 0. The van der Waals surface area contributed by atoms with Crippen molar-refractivity contribution >= 4 is 7.60 Å². The molecule has 0 aromatic heterocycles. The molecule has 92 valence electrons. The van der Waals surface area contributed by atoms with Gasteiger partial charge in [-0.1, -0.05) is 0 Å². The summed E-state index contributed by atoms with van der Waals surface area (Å²) < 4.78 is 22.1. The minimum atomic E-state index is -2.86. The van der Waals surface area contributed by atoms with Gasteiger partial charge in [0.25, 0.3) is 0 Å². The van der Waals surface area contributed by atoms with Crippen molar-refractivity contribution in [2.75, 3.05) is 61.2 Å². The molecule has 0 unspecified atom stereocenters. The summed E-state index contributed by atoms with van der Waals surface area (Å²) >= 11 is 0. The van der Waals surface area contributed by atoms with Crippen molar-refractivity contribution in [2.24, 2.45) is 0 Å². The Bertz CT molecular complexity index is 192. The van der Waals surface area contributed by atoms with Crippen LogP contribution in [0.3, 0.4) is 0 Å². The maximum Gasteiger partial charge on any atom is 0.327 e. The first-order valence-electron chi connectivity index (χ1n) is 4.99. The molecule has 0 radical (unpaired) electrons. The van der Waals surface area contributed by atoms with E-state index in [1.807, 2.05) is 38.0 Å². The Hall–Kier alpha value is 0.0700. The molecule has 0 fully saturated rings. The van der Waals surface area contributed by atoms with Crippen LogP contribution >= 0.6 is 7.60 Å². The van der Waals surface area contributed by atoms with Crippen molar-refractivity contribution in [1.29, 1.82) is 0 Å². The predicted octanol–water partition coefficient (Wildman–Crippen LogP) is 0.966. The highest BCUT2D eigenvalue weighted by molar-refractivity contribution is 7.52. The second-order valence-corrected chi connectivity index (χ2v) is 6.10. The second-order valence-electron chi connectivity index (χ2n) is 4.04. The Labute approximate surface area is 92.9 Å². The van der Waals surface area contributed by atoms with Crippen LogP contribution in [0, 0.1) is 0 Å². The average molecular weight is 238 g/mol. The van der Waals surface area contributed by atoms with E-state index in [0.717, 1.165) is 13.1 Å². The Morgan fingerprint density at radius 1 is 0.933 bits per heavy atom. The van der Waals surface area contributed by atoms with E-state index in [0.29, 0.717) is 13.2 Å². The number of hydrogen-bond donors (Lipinski definition) is 0. The van der Waals surface area contributed by atoms with Gasteiger partial charge in [-0.15, -0.1) is 0 Å². The lowest BCUT2D eigenvalue weighted by Crippen LogP contribution is -2.19. The molecule has 5 nitrogen and oxygen atoms in total. The molecule has 15 heavy (non-hydrogen) atoms. The van der Waals surface area contributed by atoms with Gasteiger partial charge in [0.2, 0.25) is 0 Å². The Balaban J connectivity index is 3.63. The van der Waals surface area contributed by atoms with E-state index in [2.05, 4.69) is 0 Å². The molecule has 0 rings (SSSR count). The van der Waals surface area contributed by atoms with Crippen LogP contribution in [0.25, 0.3) is 0 Å². The lowest BCUT2D eigenvalue weighted by atomic mass is 10.6. The lowest BCUT2D eigenvalue weighted by molar-refractivity contribution is 0.181. The van der Waals surface area contributed by atoms with Crippen molar-refractivity contribution in [3.63, 3.8) is 0 Å². The van der Waals surface area contributed by atoms with Crippen LogP contribution in [0.5, 0.6) is 0 Å². The molecule has 0 atom stereocenters. The van der Waals surface area contributed by atoms with Gasteiger partial charge < -0.3 is 18.8 Å². The largest absolute Gasteiger partial charge is 0.327 e. The van der Waals surface area contributed by atoms with Gasteiger partial charge in [-0.3, -0.25) is 4.57 Å². The van der Waals surface area contributed by atoms with Crippen molar-refractivity contribution in [2.45, 2.75) is 0 Å². The first-order valence-corrected chi connectivity index (χ1v) is 6.98. The van der Waals surface area contributed by atoms with Gasteiger partial charge in [-0.2, -0.15) is 0 Å². The van der Waals surface area contributed by atoms with E-state index in [1.165, 1.54) is 6.66 Å². The van der Waals surface area contributed by atoms with E-state index in [9.17, 15) is 4.57 Å². The molecule has 0 aliphatic rings. The fourth-order valence-electron chi connectivity index (χ4n) is 0.816. The highest BCUT2D eigenvalue weighted by Crippen LogP contribution is 2.43. The van der Waals surface area contributed by atoms with Gasteiger partial charge in [0.15, 0.2) is 0 Å². The predicted molar refractivity (Wildman–Crippen MR) is 62.5 cm³/mol. The first kappa shape index (κ1) is 15.1. The molecular formula is C9H23N2O3P. The Kier molecular flexibility index (Phi) is 7.40. The minimum absolute atomic E-state index is 0.433. The van der Waals surface area contributed by atoms with Gasteiger partial charge >= 0.3 is 7.60 Å². The van der Waals surface area contributed by atoms with Gasteiger partial charge in [-0.05, 0) is 28.2 Å². The van der Waals surface area contributed by atoms with Crippen LogP contribution in [0.15, 0.2) is 0 Å². The first-order chi connectivity index (χ1) is 6.83. The fourth-order valence-corrected chi connectivity index (χ4v) is 1.72. The quantitative estimate of drug-likeness (QED) is 0.589. The maximum atomic E-state index is 11.7. The molecule has 0 heterocycles. The van der Waals surface area contributed by atoms with Crippen LogP contribution in [0.4, 0.5) is 0 Å². The molecule has 0 aromatic carbocycles. The number of rotatable bonds is 8. The van der Waals surface area contributed by atoms with Crippen LogP contribution < -0.4 is 0 Å². The smallest absolute Gasteiger partial charge is 0.307 e. The van der Waals surface area contributed by atoms with Crippen LogP contribution in [-0.2, 0) is 13.6 Å². The second kappa shape index (κ2) is 7.36. The molecule has 6 heteroatoms. The zero-order valence-corrected chi connectivity index (χ0v) is 11.3. The topological polar surface area (TPSA) is 42.0 Å². The normalized spacial score (nSPS) is 12.7. The molecule has 0 aliphatic heterocycles. The van der Waals surface area contributed by atoms with Crippen molar-refractivity contribution < 1.29 is 13.6 Å². The van der Waals surface area contributed by atoms with Crippen LogP contribution in [-0.4, -0.2) is 71.0 Å². The molecule has 0 saturated heterocycles. The van der Waals surface area contributed by atoms with Crippen molar-refractivity contribution in [3.8, 4) is 0 Å². The fraction of sp³-hybridized carbons (Fsp3) is 1.00. The average Bonchev–Trinajstić information content (AvgIpc) is 2.01. The summed E-state index contributed by atoms with van der Waals surface area (Å²) in [7, 11) is 4.91. The summed E-state index contributed by atoms with van der Waals surface area (Å²) in [6.45, 7) is 3.87. The maximum absolute atomic E-state index is 11.7. The molecule has 0 aromatic rings. The van der Waals surface area contributed by atoms with Crippen molar-refractivity contribution in [1.82, 2.24) is 9.80 Å². The minimum Gasteiger partial charge on any atom is -0.307 e. The third-order valence-electron chi connectivity index (χ3n) is 1.73. The van der Waals surface area contributed by atoms with Gasteiger partial charge in [0.1, 0.15) is 0 Å². The summed E-state index contributed by atoms with van der Waals surface area (Å²) in [5.74, 6) is 0. The van der Waals surface area contributed by atoms with Gasteiger partial charge in [0, 0.05) is 19.8 Å². The third-order valence-corrected chi connectivity index (χ3v) is 3.03. The zero-order valence-electron chi connectivity index (χ0n) is 10.4. The SMILES string of the molecule is CN(C)CCOP(C)(=O)OCCN(C)C. The summed E-state index contributed by atoms with van der Waals surface area (Å²) in [4.78, 5) is 3.94.